The van der Waals surface area contributed by atoms with E-state index in [0.29, 0.717) is 27.7 Å². The van der Waals surface area contributed by atoms with E-state index < -0.39 is 5.97 Å². The summed E-state index contributed by atoms with van der Waals surface area (Å²) >= 11 is 0. The van der Waals surface area contributed by atoms with Gasteiger partial charge in [-0.3, -0.25) is 0 Å². The van der Waals surface area contributed by atoms with Crippen molar-refractivity contribution in [3.8, 4) is 11.5 Å². The minimum atomic E-state index is -0.747. The van der Waals surface area contributed by atoms with Crippen LogP contribution < -0.4 is 0 Å². The fraction of sp³-hybridized carbons (Fsp3) is 0.0952. The van der Waals surface area contributed by atoms with Gasteiger partial charge in [0.1, 0.15) is 23.7 Å². The summed E-state index contributed by atoms with van der Waals surface area (Å²) in [6, 6.07) is 15.4. The number of nitrogens with zero attached hydrogens (tertiary/aromatic N) is 2. The molecule has 0 atom stereocenters. The highest BCUT2D eigenvalue weighted by atomic mass is 16.5. The lowest BCUT2D eigenvalue weighted by molar-refractivity contribution is 0.0463. The first-order valence-corrected chi connectivity index (χ1v) is 8.37. The molecule has 134 valence electrons. The highest BCUT2D eigenvalue weighted by molar-refractivity contribution is 6.03. The molecule has 27 heavy (non-hydrogen) atoms. The molecule has 1 aromatic heterocycles. The van der Waals surface area contributed by atoms with Gasteiger partial charge < -0.3 is 14.9 Å². The minimum Gasteiger partial charge on any atom is -0.507 e. The van der Waals surface area contributed by atoms with Crippen LogP contribution in [0.3, 0.4) is 0 Å². The van der Waals surface area contributed by atoms with Gasteiger partial charge in [-0.25, -0.2) is 14.8 Å². The van der Waals surface area contributed by atoms with Gasteiger partial charge in [0.05, 0.1) is 22.4 Å². The SMILES string of the molecule is Cc1nc2ccccc2nc1COC(=O)c1cc(O)c2ccccc2c1O. The average molecular weight is 360 g/mol. The van der Waals surface area contributed by atoms with Crippen molar-refractivity contribution >= 4 is 27.8 Å². The topological polar surface area (TPSA) is 92.5 Å². The zero-order chi connectivity index (χ0) is 19.0. The Balaban J connectivity index is 1.63. The van der Waals surface area contributed by atoms with E-state index in [-0.39, 0.29) is 23.7 Å². The number of carbonyl (C=O) groups excluding carboxylic acids is 1. The summed E-state index contributed by atoms with van der Waals surface area (Å²) in [6.07, 6.45) is 0. The summed E-state index contributed by atoms with van der Waals surface area (Å²) in [4.78, 5) is 21.4. The Morgan fingerprint density at radius 1 is 0.963 bits per heavy atom. The molecule has 0 aliphatic rings. The van der Waals surface area contributed by atoms with Crippen molar-refractivity contribution in [1.82, 2.24) is 9.97 Å². The first kappa shape index (κ1) is 16.8. The van der Waals surface area contributed by atoms with Crippen LogP contribution in [0.25, 0.3) is 21.8 Å². The first-order valence-electron chi connectivity index (χ1n) is 8.37. The molecule has 0 fully saturated rings. The molecule has 0 radical (unpaired) electrons. The quantitative estimate of drug-likeness (QED) is 0.426. The Morgan fingerprint density at radius 2 is 1.59 bits per heavy atom. The molecule has 0 saturated carbocycles. The third-order valence-electron chi connectivity index (χ3n) is 4.40. The molecule has 6 heteroatoms. The maximum atomic E-state index is 12.5. The third kappa shape index (κ3) is 3.01. The fourth-order valence-corrected chi connectivity index (χ4v) is 2.97. The molecule has 6 nitrogen and oxygen atoms in total. The van der Waals surface area contributed by atoms with E-state index in [1.54, 1.807) is 31.2 Å². The smallest absolute Gasteiger partial charge is 0.342 e. The van der Waals surface area contributed by atoms with E-state index >= 15 is 0 Å². The molecule has 0 aliphatic heterocycles. The summed E-state index contributed by atoms with van der Waals surface area (Å²) in [5, 5.41) is 21.4. The first-order chi connectivity index (χ1) is 13.0. The Hall–Kier alpha value is -3.67. The van der Waals surface area contributed by atoms with Gasteiger partial charge in [0, 0.05) is 10.8 Å². The Morgan fingerprint density at radius 3 is 2.33 bits per heavy atom. The van der Waals surface area contributed by atoms with Crippen LogP contribution in [0.15, 0.2) is 54.6 Å². The van der Waals surface area contributed by atoms with E-state index in [4.69, 9.17) is 4.74 Å². The predicted octanol–water partition coefficient (Wildman–Crippen LogP) is 3.86. The Labute approximate surface area is 154 Å². The molecule has 0 spiro atoms. The largest absolute Gasteiger partial charge is 0.507 e. The zero-order valence-electron chi connectivity index (χ0n) is 14.5. The number of aromatic hydroxyl groups is 2. The Kier molecular flexibility index (Phi) is 4.08. The number of phenols is 2. The van der Waals surface area contributed by atoms with Gasteiger partial charge in [-0.1, -0.05) is 36.4 Å². The van der Waals surface area contributed by atoms with Crippen LogP contribution in [0, 0.1) is 6.92 Å². The average Bonchev–Trinajstić information content (AvgIpc) is 2.69. The number of esters is 1. The maximum Gasteiger partial charge on any atom is 0.342 e. The van der Waals surface area contributed by atoms with E-state index in [1.165, 1.54) is 6.07 Å². The summed E-state index contributed by atoms with van der Waals surface area (Å²) in [5.74, 6) is -1.07. The number of phenolic OH excluding ortho intramolecular Hbond substituents is 2. The van der Waals surface area contributed by atoms with Crippen LogP contribution in [-0.4, -0.2) is 26.2 Å². The van der Waals surface area contributed by atoms with E-state index in [0.717, 1.165) is 5.52 Å². The summed E-state index contributed by atoms with van der Waals surface area (Å²) < 4.78 is 5.32. The summed E-state index contributed by atoms with van der Waals surface area (Å²) in [6.45, 7) is 1.71. The van der Waals surface area contributed by atoms with Crippen molar-refractivity contribution in [3.63, 3.8) is 0 Å². The van der Waals surface area contributed by atoms with Crippen molar-refractivity contribution in [2.45, 2.75) is 13.5 Å². The zero-order valence-corrected chi connectivity index (χ0v) is 14.5. The molecule has 0 aliphatic carbocycles. The molecule has 0 unspecified atom stereocenters. The number of aromatic nitrogens is 2. The molecular weight excluding hydrogens is 344 g/mol. The standard InChI is InChI=1S/C21H16N2O4/c1-12-18(23-17-9-5-4-8-16(17)22-12)11-27-21(26)15-10-19(24)13-6-2-3-7-14(13)20(15)25/h2-10,24-25H,11H2,1H3. The van der Waals surface area contributed by atoms with Gasteiger partial charge >= 0.3 is 5.97 Å². The van der Waals surface area contributed by atoms with Crippen molar-refractivity contribution in [2.75, 3.05) is 0 Å². The number of hydrogen-bond donors (Lipinski definition) is 2. The summed E-state index contributed by atoms with van der Waals surface area (Å²) in [5.41, 5.74) is 2.57. The molecular formula is C21H16N2O4. The van der Waals surface area contributed by atoms with E-state index in [9.17, 15) is 15.0 Å². The van der Waals surface area contributed by atoms with Crippen molar-refractivity contribution in [1.29, 1.82) is 0 Å². The monoisotopic (exact) mass is 360 g/mol. The molecule has 2 N–H and O–H groups in total. The minimum absolute atomic E-state index is 0.0878. The van der Waals surface area contributed by atoms with Crippen LogP contribution in [0.1, 0.15) is 21.7 Å². The number of para-hydroxylation sites is 2. The lowest BCUT2D eigenvalue weighted by atomic mass is 10.0. The molecule has 1 heterocycles. The number of rotatable bonds is 3. The van der Waals surface area contributed by atoms with Gasteiger partial charge in [-0.05, 0) is 25.1 Å². The van der Waals surface area contributed by atoms with E-state index in [2.05, 4.69) is 9.97 Å². The van der Waals surface area contributed by atoms with E-state index in [1.807, 2.05) is 24.3 Å². The van der Waals surface area contributed by atoms with Crippen LogP contribution in [0.5, 0.6) is 11.5 Å². The van der Waals surface area contributed by atoms with Crippen molar-refractivity contribution in [2.24, 2.45) is 0 Å². The van der Waals surface area contributed by atoms with Gasteiger partial charge in [-0.2, -0.15) is 0 Å². The van der Waals surface area contributed by atoms with Gasteiger partial charge in [0.25, 0.3) is 0 Å². The number of ether oxygens (including phenoxy) is 1. The normalized spacial score (nSPS) is 11.0. The van der Waals surface area contributed by atoms with Gasteiger partial charge in [-0.15, -0.1) is 0 Å². The summed E-state index contributed by atoms with van der Waals surface area (Å²) in [7, 11) is 0. The number of hydrogen-bond acceptors (Lipinski definition) is 6. The second-order valence-electron chi connectivity index (χ2n) is 6.16. The van der Waals surface area contributed by atoms with Crippen LogP contribution in [0.4, 0.5) is 0 Å². The van der Waals surface area contributed by atoms with Crippen LogP contribution in [0.2, 0.25) is 0 Å². The van der Waals surface area contributed by atoms with Crippen LogP contribution in [-0.2, 0) is 11.3 Å². The maximum absolute atomic E-state index is 12.5. The Bertz CT molecular complexity index is 1190. The van der Waals surface area contributed by atoms with Gasteiger partial charge in [0.15, 0.2) is 0 Å². The fourth-order valence-electron chi connectivity index (χ4n) is 2.97. The molecule has 0 saturated heterocycles. The third-order valence-corrected chi connectivity index (χ3v) is 4.40. The molecule has 4 aromatic rings. The number of carbonyl (C=O) groups is 1. The number of aryl methyl sites for hydroxylation is 1. The highest BCUT2D eigenvalue weighted by Crippen LogP contribution is 2.35. The molecule has 0 amide bonds. The van der Waals surface area contributed by atoms with Crippen LogP contribution >= 0.6 is 0 Å². The molecule has 3 aromatic carbocycles. The van der Waals surface area contributed by atoms with Crippen molar-refractivity contribution in [3.05, 3.63) is 71.5 Å². The molecule has 0 bridgehead atoms. The number of fused-ring (bicyclic) bond motifs is 2. The predicted molar refractivity (Wildman–Crippen MR) is 101 cm³/mol. The second kappa shape index (κ2) is 6.57. The lowest BCUT2D eigenvalue weighted by Gasteiger charge is -2.11. The number of benzene rings is 3. The highest BCUT2D eigenvalue weighted by Gasteiger charge is 2.19. The second-order valence-corrected chi connectivity index (χ2v) is 6.16. The van der Waals surface area contributed by atoms with Gasteiger partial charge in [0.2, 0.25) is 0 Å². The lowest BCUT2D eigenvalue weighted by Crippen LogP contribution is -2.08. The molecule has 4 rings (SSSR count). The van der Waals surface area contributed by atoms with Crippen molar-refractivity contribution < 1.29 is 19.7 Å².